The number of benzene rings is 1. The largest absolute Gasteiger partial charge is 0.339 e. The van der Waals surface area contributed by atoms with Crippen molar-refractivity contribution >= 4 is 41.0 Å². The Kier molecular flexibility index (Phi) is 5.99. The van der Waals surface area contributed by atoms with E-state index in [1.807, 2.05) is 60.8 Å². The van der Waals surface area contributed by atoms with Gasteiger partial charge in [0.05, 0.1) is 4.08 Å². The summed E-state index contributed by atoms with van der Waals surface area (Å²) < 4.78 is 0.309. The Morgan fingerprint density at radius 3 is 2.62 bits per heavy atom. The van der Waals surface area contributed by atoms with Gasteiger partial charge in [-0.05, 0) is 38.8 Å². The molecule has 0 aromatic heterocycles. The van der Waals surface area contributed by atoms with Crippen molar-refractivity contribution in [1.82, 2.24) is 5.43 Å². The summed E-state index contributed by atoms with van der Waals surface area (Å²) in [5.74, 6) is 2.46. The second-order valence-electron chi connectivity index (χ2n) is 5.11. The fourth-order valence-electron chi connectivity index (χ4n) is 1.99. The number of rotatable bonds is 5. The first-order valence-corrected chi connectivity index (χ1v) is 8.98. The second-order valence-corrected chi connectivity index (χ2v) is 8.56. The topological polar surface area (TPSA) is 53.5 Å². The van der Waals surface area contributed by atoms with E-state index >= 15 is 0 Å². The molecule has 1 aromatic rings. The number of hydrazone groups is 1. The number of hydrogen-bond donors (Lipinski definition) is 2. The summed E-state index contributed by atoms with van der Waals surface area (Å²) in [5.41, 5.74) is 4.25. The zero-order valence-corrected chi connectivity index (χ0v) is 14.0. The molecule has 0 aliphatic carbocycles. The van der Waals surface area contributed by atoms with Crippen LogP contribution in [0.4, 0.5) is 10.5 Å². The zero-order valence-electron chi connectivity index (χ0n) is 12.4. The van der Waals surface area contributed by atoms with Gasteiger partial charge < -0.3 is 5.32 Å². The van der Waals surface area contributed by atoms with Crippen LogP contribution in [0.2, 0.25) is 0 Å². The summed E-state index contributed by atoms with van der Waals surface area (Å²) in [4.78, 5) is 11.7. The number of nitrogens with one attached hydrogen (secondary N) is 2. The highest BCUT2D eigenvalue weighted by Crippen LogP contribution is 2.46. The quantitative estimate of drug-likeness (QED) is 0.632. The third-order valence-electron chi connectivity index (χ3n) is 3.22. The third-order valence-corrected chi connectivity index (χ3v) is 6.63. The lowest BCUT2D eigenvalue weighted by atomic mass is 10.2. The van der Waals surface area contributed by atoms with E-state index in [9.17, 15) is 4.79 Å². The summed E-state index contributed by atoms with van der Waals surface area (Å²) >= 11 is 4.04. The minimum absolute atomic E-state index is 0.309. The molecule has 0 bridgehead atoms. The molecular weight excluding hydrogens is 302 g/mol. The van der Waals surface area contributed by atoms with Crippen molar-refractivity contribution in [3.05, 3.63) is 30.3 Å². The molecule has 1 heterocycles. The number of carbonyl (C=O) groups excluding carboxylic acids is 1. The van der Waals surface area contributed by atoms with Crippen molar-refractivity contribution in [3.8, 4) is 0 Å². The summed E-state index contributed by atoms with van der Waals surface area (Å²) in [6, 6.07) is 9.03. The number of anilines is 1. The number of amides is 2. The van der Waals surface area contributed by atoms with Crippen molar-refractivity contribution < 1.29 is 4.79 Å². The predicted octanol–water partition coefficient (Wildman–Crippen LogP) is 4.16. The molecule has 1 saturated heterocycles. The normalized spacial score (nSPS) is 17.5. The molecule has 0 radical (unpaired) electrons. The first-order valence-electron chi connectivity index (χ1n) is 7.00. The van der Waals surface area contributed by atoms with Gasteiger partial charge in [0.15, 0.2) is 0 Å². The van der Waals surface area contributed by atoms with Gasteiger partial charge in [-0.25, -0.2) is 10.2 Å². The van der Waals surface area contributed by atoms with E-state index in [0.29, 0.717) is 4.08 Å². The highest BCUT2D eigenvalue weighted by molar-refractivity contribution is 8.21. The molecule has 114 valence electrons. The molecule has 4 nitrogen and oxygen atoms in total. The van der Waals surface area contributed by atoms with Crippen molar-refractivity contribution in [2.45, 2.75) is 30.8 Å². The number of hydrogen-bond acceptors (Lipinski definition) is 4. The van der Waals surface area contributed by atoms with E-state index in [1.54, 1.807) is 0 Å². The molecule has 2 rings (SSSR count). The van der Waals surface area contributed by atoms with Gasteiger partial charge in [-0.15, -0.1) is 23.5 Å². The number of urea groups is 1. The van der Waals surface area contributed by atoms with Gasteiger partial charge in [0.25, 0.3) is 0 Å². The second kappa shape index (κ2) is 7.75. The first-order chi connectivity index (χ1) is 10.1. The Balaban J connectivity index is 1.73. The molecule has 21 heavy (non-hydrogen) atoms. The van der Waals surface area contributed by atoms with Crippen LogP contribution in [0.1, 0.15) is 26.7 Å². The Bertz CT molecular complexity index is 499. The van der Waals surface area contributed by atoms with E-state index in [2.05, 4.69) is 22.8 Å². The summed E-state index contributed by atoms with van der Waals surface area (Å²) in [6.45, 7) is 4.24. The van der Waals surface area contributed by atoms with Crippen LogP contribution in [-0.2, 0) is 0 Å². The highest BCUT2D eigenvalue weighted by Gasteiger charge is 2.29. The van der Waals surface area contributed by atoms with E-state index in [0.717, 1.165) is 24.2 Å². The number of nitrogens with zero attached hydrogens (tertiary/aromatic N) is 1. The summed E-state index contributed by atoms with van der Waals surface area (Å²) in [7, 11) is 0. The number of carbonyl (C=O) groups is 1. The zero-order chi connectivity index (χ0) is 15.1. The number of para-hydroxylation sites is 1. The van der Waals surface area contributed by atoms with Crippen molar-refractivity contribution in [1.29, 1.82) is 0 Å². The molecule has 0 saturated carbocycles. The lowest BCUT2D eigenvalue weighted by Gasteiger charge is -2.21. The molecule has 2 N–H and O–H groups in total. The van der Waals surface area contributed by atoms with Gasteiger partial charge in [0.2, 0.25) is 0 Å². The predicted molar refractivity (Wildman–Crippen MR) is 94.3 cm³/mol. The van der Waals surface area contributed by atoms with E-state index in [-0.39, 0.29) is 6.03 Å². The third kappa shape index (κ3) is 5.63. The molecule has 0 spiro atoms. The van der Waals surface area contributed by atoms with Crippen molar-refractivity contribution in [2.24, 2.45) is 5.10 Å². The lowest BCUT2D eigenvalue weighted by molar-refractivity contribution is 0.252. The fourth-order valence-corrected chi connectivity index (χ4v) is 4.85. The van der Waals surface area contributed by atoms with Gasteiger partial charge in [0, 0.05) is 22.9 Å². The average Bonchev–Trinajstić information content (AvgIpc) is 2.91. The monoisotopic (exact) mass is 323 g/mol. The first kappa shape index (κ1) is 16.2. The minimum atomic E-state index is -0.309. The maximum atomic E-state index is 11.7. The van der Waals surface area contributed by atoms with Gasteiger partial charge in [-0.1, -0.05) is 18.2 Å². The van der Waals surface area contributed by atoms with Gasteiger partial charge >= 0.3 is 6.03 Å². The van der Waals surface area contributed by atoms with Crippen LogP contribution in [0.3, 0.4) is 0 Å². The van der Waals surface area contributed by atoms with Crippen LogP contribution < -0.4 is 10.7 Å². The molecule has 0 unspecified atom stereocenters. The molecule has 0 atom stereocenters. The van der Waals surface area contributed by atoms with Crippen molar-refractivity contribution in [3.63, 3.8) is 0 Å². The molecule has 2 amide bonds. The van der Waals surface area contributed by atoms with E-state index in [4.69, 9.17) is 0 Å². The standard InChI is InChI=1S/C15H21N3OS2/c1-12(8-9-15(2)20-10-11-21-15)17-18-14(19)16-13-6-4-3-5-7-13/h3-7H,8-11H2,1-2H3,(H2,16,18,19)/b17-12+. The van der Waals surface area contributed by atoms with Crippen LogP contribution in [-0.4, -0.2) is 27.3 Å². The SMILES string of the molecule is C/C(CCC1(C)SCCS1)=N\NC(=O)Nc1ccccc1. The lowest BCUT2D eigenvalue weighted by Crippen LogP contribution is -2.25. The van der Waals surface area contributed by atoms with Crippen LogP contribution >= 0.6 is 23.5 Å². The summed E-state index contributed by atoms with van der Waals surface area (Å²) in [5, 5.41) is 6.89. The average molecular weight is 323 g/mol. The Morgan fingerprint density at radius 1 is 1.29 bits per heavy atom. The van der Waals surface area contributed by atoms with Crippen LogP contribution in [0.15, 0.2) is 35.4 Å². The Morgan fingerprint density at radius 2 is 1.95 bits per heavy atom. The molecule has 1 aromatic carbocycles. The van der Waals surface area contributed by atoms with Crippen LogP contribution in [0, 0.1) is 0 Å². The maximum absolute atomic E-state index is 11.7. The maximum Gasteiger partial charge on any atom is 0.339 e. The Labute approximate surface area is 134 Å². The van der Waals surface area contributed by atoms with Crippen LogP contribution in [0.5, 0.6) is 0 Å². The van der Waals surface area contributed by atoms with Crippen molar-refractivity contribution in [2.75, 3.05) is 16.8 Å². The van der Waals surface area contributed by atoms with Gasteiger partial charge in [0.1, 0.15) is 0 Å². The smallest absolute Gasteiger partial charge is 0.307 e. The molecule has 1 aliphatic heterocycles. The van der Waals surface area contributed by atoms with E-state index in [1.165, 1.54) is 11.5 Å². The fraction of sp³-hybridized carbons (Fsp3) is 0.467. The van der Waals surface area contributed by atoms with Gasteiger partial charge in [-0.2, -0.15) is 5.10 Å². The van der Waals surface area contributed by atoms with E-state index < -0.39 is 0 Å². The molecule has 1 fully saturated rings. The highest BCUT2D eigenvalue weighted by atomic mass is 32.2. The van der Waals surface area contributed by atoms with Crippen LogP contribution in [0.25, 0.3) is 0 Å². The number of thioether (sulfide) groups is 2. The Hall–Kier alpha value is -1.14. The van der Waals surface area contributed by atoms with Gasteiger partial charge in [-0.3, -0.25) is 0 Å². The minimum Gasteiger partial charge on any atom is -0.307 e. The summed E-state index contributed by atoms with van der Waals surface area (Å²) in [6.07, 6.45) is 1.99. The molecule has 6 heteroatoms. The molecular formula is C15H21N3OS2. The molecule has 1 aliphatic rings.